The number of esters is 1. The Balaban J connectivity index is 0.000000329. The van der Waals surface area contributed by atoms with Crippen molar-refractivity contribution in [2.24, 2.45) is 11.0 Å². The quantitative estimate of drug-likeness (QED) is 0.342. The predicted octanol–water partition coefficient (Wildman–Crippen LogP) is 4.22. The maximum absolute atomic E-state index is 10.9. The molecule has 0 aliphatic carbocycles. The molecular formula is C22H37N3O5. The number of rotatable bonds is 10. The van der Waals surface area contributed by atoms with Crippen molar-refractivity contribution in [2.45, 2.75) is 71.9 Å². The molecule has 2 N–H and O–H groups in total. The van der Waals surface area contributed by atoms with Crippen LogP contribution in [0.4, 0.5) is 0 Å². The van der Waals surface area contributed by atoms with E-state index in [1.54, 1.807) is 20.3 Å². The lowest BCUT2D eigenvalue weighted by molar-refractivity contribution is -0.143. The Labute approximate surface area is 180 Å². The molecule has 1 heterocycles. The van der Waals surface area contributed by atoms with Crippen molar-refractivity contribution in [3.63, 3.8) is 0 Å². The second-order valence-corrected chi connectivity index (χ2v) is 7.36. The summed E-state index contributed by atoms with van der Waals surface area (Å²) in [6, 6.07) is 5.43. The molecule has 1 aromatic carbocycles. The molecule has 0 unspecified atom stereocenters. The van der Waals surface area contributed by atoms with Crippen LogP contribution < -0.4 is 15.3 Å². The van der Waals surface area contributed by atoms with Gasteiger partial charge in [0, 0.05) is 12.5 Å². The highest BCUT2D eigenvalue weighted by atomic mass is 16.7. The minimum absolute atomic E-state index is 0.0472. The van der Waals surface area contributed by atoms with Gasteiger partial charge in [-0.05, 0) is 39.3 Å². The van der Waals surface area contributed by atoms with E-state index in [0.717, 1.165) is 18.4 Å². The molecule has 0 amide bonds. The number of methoxy groups -OCH3 is 2. The Bertz CT molecular complexity index is 691. The molecule has 2 rings (SSSR count). The minimum atomic E-state index is -0.666. The second kappa shape index (κ2) is 13.0. The first-order chi connectivity index (χ1) is 14.3. The smallest absolute Gasteiger partial charge is 0.305 e. The largest absolute Gasteiger partial charge is 0.497 e. The summed E-state index contributed by atoms with van der Waals surface area (Å²) < 4.78 is 15.3. The average Bonchev–Trinajstić information content (AvgIpc) is 3.00. The molecule has 30 heavy (non-hydrogen) atoms. The van der Waals surface area contributed by atoms with Crippen LogP contribution in [0.25, 0.3) is 0 Å². The topological polar surface area (TPSA) is 95.6 Å². The highest BCUT2D eigenvalue weighted by Gasteiger charge is 2.37. The third kappa shape index (κ3) is 7.74. The van der Waals surface area contributed by atoms with E-state index in [4.69, 9.17) is 24.9 Å². The van der Waals surface area contributed by atoms with Gasteiger partial charge in [-0.2, -0.15) is 0 Å². The van der Waals surface area contributed by atoms with Crippen molar-refractivity contribution in [1.82, 2.24) is 5.01 Å². The van der Waals surface area contributed by atoms with Gasteiger partial charge in [0.2, 0.25) is 5.72 Å². The van der Waals surface area contributed by atoms with Crippen LogP contribution in [0.2, 0.25) is 0 Å². The Kier molecular flexibility index (Phi) is 11.0. The monoisotopic (exact) mass is 423 g/mol. The fourth-order valence-electron chi connectivity index (χ4n) is 2.77. The normalized spacial score (nSPS) is 14.2. The van der Waals surface area contributed by atoms with E-state index < -0.39 is 5.72 Å². The van der Waals surface area contributed by atoms with Gasteiger partial charge in [-0.25, -0.2) is 10.9 Å². The number of nitrogens with two attached hydrogens (primary N) is 1. The molecule has 1 aliphatic rings. The lowest BCUT2D eigenvalue weighted by Gasteiger charge is -2.26. The standard InChI is InChI=1S/C12H17N3O3.C10H20O2/c1-12(2)15(13)11(14-18-12)9-6-5-8(16-3)7-10(9)17-4;1-3-5-6-7-8-9-10(11)12-4-2/h5-7H,13H2,1-4H3;3-9H2,1-2H3. The number of hydrazine groups is 1. The van der Waals surface area contributed by atoms with E-state index in [1.807, 2.05) is 32.9 Å². The summed E-state index contributed by atoms with van der Waals surface area (Å²) in [4.78, 5) is 16.1. The van der Waals surface area contributed by atoms with E-state index in [1.165, 1.54) is 24.3 Å². The molecule has 0 saturated carbocycles. The van der Waals surface area contributed by atoms with E-state index in [-0.39, 0.29) is 5.97 Å². The van der Waals surface area contributed by atoms with Crippen LogP contribution in [0.3, 0.4) is 0 Å². The van der Waals surface area contributed by atoms with Gasteiger partial charge < -0.3 is 19.0 Å². The van der Waals surface area contributed by atoms with E-state index >= 15 is 0 Å². The molecule has 0 bridgehead atoms. The van der Waals surface area contributed by atoms with Crippen LogP contribution in [-0.4, -0.2) is 43.4 Å². The van der Waals surface area contributed by atoms with Crippen LogP contribution in [0.5, 0.6) is 11.5 Å². The number of oxime groups is 1. The number of carbonyl (C=O) groups is 1. The number of benzene rings is 1. The number of carbonyl (C=O) groups excluding carboxylic acids is 1. The zero-order chi connectivity index (χ0) is 22.6. The van der Waals surface area contributed by atoms with Gasteiger partial charge >= 0.3 is 5.97 Å². The van der Waals surface area contributed by atoms with E-state index in [2.05, 4.69) is 12.1 Å². The van der Waals surface area contributed by atoms with Gasteiger partial charge in [-0.15, -0.1) is 0 Å². The Morgan fingerprint density at radius 1 is 1.13 bits per heavy atom. The van der Waals surface area contributed by atoms with Gasteiger partial charge in [0.1, 0.15) is 11.5 Å². The molecule has 1 aliphatic heterocycles. The van der Waals surface area contributed by atoms with E-state index in [9.17, 15) is 4.79 Å². The van der Waals surface area contributed by atoms with Crippen molar-refractivity contribution >= 4 is 11.8 Å². The molecule has 1 aromatic rings. The molecule has 8 heteroatoms. The Hall–Kier alpha value is -2.48. The molecule has 0 aromatic heterocycles. The van der Waals surface area contributed by atoms with Crippen molar-refractivity contribution in [1.29, 1.82) is 0 Å². The molecule has 0 fully saturated rings. The number of amidine groups is 1. The van der Waals surface area contributed by atoms with Gasteiger partial charge in [0.25, 0.3) is 0 Å². The first-order valence-electron chi connectivity index (χ1n) is 10.5. The minimum Gasteiger partial charge on any atom is -0.497 e. The van der Waals surface area contributed by atoms with Crippen LogP contribution in [0.1, 0.15) is 71.8 Å². The summed E-state index contributed by atoms with van der Waals surface area (Å²) in [6.07, 6.45) is 6.52. The molecule has 0 radical (unpaired) electrons. The fourth-order valence-corrected chi connectivity index (χ4v) is 2.77. The van der Waals surface area contributed by atoms with Gasteiger partial charge in [0.05, 0.1) is 26.4 Å². The van der Waals surface area contributed by atoms with Crippen LogP contribution >= 0.6 is 0 Å². The van der Waals surface area contributed by atoms with Crippen LogP contribution in [-0.2, 0) is 14.4 Å². The maximum Gasteiger partial charge on any atom is 0.305 e. The first kappa shape index (κ1) is 25.6. The van der Waals surface area contributed by atoms with Gasteiger partial charge in [0.15, 0.2) is 5.84 Å². The first-order valence-corrected chi connectivity index (χ1v) is 10.5. The van der Waals surface area contributed by atoms with Crippen molar-refractivity contribution in [3.05, 3.63) is 23.8 Å². The summed E-state index contributed by atoms with van der Waals surface area (Å²) in [7, 11) is 3.18. The summed E-state index contributed by atoms with van der Waals surface area (Å²) in [5.74, 6) is 7.79. The number of hydrogen-bond acceptors (Lipinski definition) is 8. The highest BCUT2D eigenvalue weighted by molar-refractivity contribution is 6.01. The fraction of sp³-hybridized carbons (Fsp3) is 0.636. The predicted molar refractivity (Wildman–Crippen MR) is 117 cm³/mol. The average molecular weight is 424 g/mol. The Morgan fingerprint density at radius 2 is 1.83 bits per heavy atom. The van der Waals surface area contributed by atoms with E-state index in [0.29, 0.717) is 30.4 Å². The number of ether oxygens (including phenoxy) is 3. The summed E-state index contributed by atoms with van der Waals surface area (Å²) in [6.45, 7) is 8.20. The lowest BCUT2D eigenvalue weighted by Crippen LogP contribution is -2.49. The maximum atomic E-state index is 10.9. The molecule has 0 spiro atoms. The lowest BCUT2D eigenvalue weighted by atomic mass is 10.1. The number of hydrogen-bond donors (Lipinski definition) is 1. The molecule has 170 valence electrons. The molecule has 0 saturated heterocycles. The third-order valence-electron chi connectivity index (χ3n) is 4.60. The van der Waals surface area contributed by atoms with Gasteiger partial charge in [-0.1, -0.05) is 37.8 Å². The second-order valence-electron chi connectivity index (χ2n) is 7.36. The van der Waals surface area contributed by atoms with Crippen molar-refractivity contribution in [3.8, 4) is 11.5 Å². The zero-order valence-corrected chi connectivity index (χ0v) is 19.2. The van der Waals surface area contributed by atoms with Crippen molar-refractivity contribution in [2.75, 3.05) is 20.8 Å². The molecule has 8 nitrogen and oxygen atoms in total. The highest BCUT2D eigenvalue weighted by Crippen LogP contribution is 2.30. The Morgan fingerprint density at radius 3 is 2.37 bits per heavy atom. The summed E-state index contributed by atoms with van der Waals surface area (Å²) >= 11 is 0. The third-order valence-corrected chi connectivity index (χ3v) is 4.60. The number of unbranched alkanes of at least 4 members (excludes halogenated alkanes) is 4. The number of nitrogens with zero attached hydrogens (tertiary/aromatic N) is 2. The zero-order valence-electron chi connectivity index (χ0n) is 19.2. The molecule has 0 atom stereocenters. The van der Waals surface area contributed by atoms with Crippen LogP contribution in [0, 0.1) is 0 Å². The summed E-state index contributed by atoms with van der Waals surface area (Å²) in [5, 5.41) is 5.47. The summed E-state index contributed by atoms with van der Waals surface area (Å²) in [5.41, 5.74) is 0.0895. The van der Waals surface area contributed by atoms with Crippen molar-refractivity contribution < 1.29 is 23.8 Å². The van der Waals surface area contributed by atoms with Gasteiger partial charge in [-0.3, -0.25) is 4.79 Å². The van der Waals surface area contributed by atoms with Crippen LogP contribution in [0.15, 0.2) is 23.4 Å². The molecular weight excluding hydrogens is 386 g/mol. The SMILES string of the molecule is CCCCCCCC(=O)OCC.COc1ccc(C2=NOC(C)(C)N2N)c(OC)c1.